The summed E-state index contributed by atoms with van der Waals surface area (Å²) in [5.41, 5.74) is 18.5. The van der Waals surface area contributed by atoms with E-state index in [1.165, 1.54) is 104 Å². The van der Waals surface area contributed by atoms with Crippen molar-refractivity contribution in [1.29, 1.82) is 0 Å². The maximum absolute atomic E-state index is 2.59. The van der Waals surface area contributed by atoms with Gasteiger partial charge in [-0.1, -0.05) is 111 Å². The van der Waals surface area contributed by atoms with Crippen LogP contribution in [0.15, 0.2) is 121 Å². The number of allylic oxidation sites excluding steroid dienone is 4. The number of aryl methyl sites for hydroxylation is 3. The summed E-state index contributed by atoms with van der Waals surface area (Å²) in [6, 6.07) is 39.8. The van der Waals surface area contributed by atoms with Gasteiger partial charge in [0.15, 0.2) is 0 Å². The molecule has 0 amide bonds. The van der Waals surface area contributed by atoms with Gasteiger partial charge in [0.2, 0.25) is 0 Å². The molecule has 48 heavy (non-hydrogen) atoms. The molecule has 2 aliphatic heterocycles. The number of rotatable bonds is 9. The zero-order valence-corrected chi connectivity index (χ0v) is 28.7. The first kappa shape index (κ1) is 30.6. The molecular weight excluding hydrogens is 579 g/mol. The molecule has 3 heteroatoms. The van der Waals surface area contributed by atoms with Gasteiger partial charge in [-0.05, 0) is 121 Å². The Labute approximate surface area is 287 Å². The van der Waals surface area contributed by atoms with E-state index in [4.69, 9.17) is 0 Å². The van der Waals surface area contributed by atoms with Crippen LogP contribution in [0.2, 0.25) is 0 Å². The summed E-state index contributed by atoms with van der Waals surface area (Å²) >= 11 is 0. The topological polar surface area (TPSA) is 6.48 Å². The first-order valence-corrected chi connectivity index (χ1v) is 18.2. The highest BCUT2D eigenvalue weighted by Gasteiger charge is 2.43. The Hall–Kier alpha value is -4.76. The lowest BCUT2D eigenvalue weighted by molar-refractivity contribution is 0.795. The average molecular weight is 625 g/mol. The third kappa shape index (κ3) is 5.30. The number of hydrogen-bond acceptors (Lipinski definition) is 2. The van der Waals surface area contributed by atoms with Crippen LogP contribution in [-0.2, 0) is 12.8 Å². The van der Waals surface area contributed by atoms with Crippen LogP contribution in [0.1, 0.15) is 74.6 Å². The van der Waals surface area contributed by atoms with Gasteiger partial charge in [-0.25, -0.2) is 0 Å². The molecule has 0 atom stereocenters. The van der Waals surface area contributed by atoms with Crippen molar-refractivity contribution >= 4 is 62.8 Å². The minimum atomic E-state index is 0.151. The lowest BCUT2D eigenvalue weighted by atomic mass is 9.33. The predicted octanol–water partition coefficient (Wildman–Crippen LogP) is 10.5. The molecule has 0 radical (unpaired) electrons. The van der Waals surface area contributed by atoms with Gasteiger partial charge in [0.1, 0.15) is 0 Å². The molecule has 1 aliphatic carbocycles. The third-order valence-corrected chi connectivity index (χ3v) is 10.5. The van der Waals surface area contributed by atoms with Crippen molar-refractivity contribution in [2.24, 2.45) is 0 Å². The van der Waals surface area contributed by atoms with Crippen molar-refractivity contribution in [2.45, 2.75) is 72.1 Å². The van der Waals surface area contributed by atoms with Crippen molar-refractivity contribution < 1.29 is 0 Å². The molecule has 3 aliphatic rings. The Morgan fingerprint density at radius 2 is 1.33 bits per heavy atom. The molecular formula is C45H45BN2. The van der Waals surface area contributed by atoms with Crippen LogP contribution >= 0.6 is 0 Å². The molecule has 5 aromatic carbocycles. The fraction of sp³-hybridized carbons (Fsp3) is 0.244. The predicted molar refractivity (Wildman–Crippen MR) is 209 cm³/mol. The summed E-state index contributed by atoms with van der Waals surface area (Å²) < 4.78 is 0. The van der Waals surface area contributed by atoms with Crippen molar-refractivity contribution in [3.05, 3.63) is 144 Å². The van der Waals surface area contributed by atoms with Gasteiger partial charge in [0.25, 0.3) is 6.71 Å². The van der Waals surface area contributed by atoms with Crippen LogP contribution in [0.3, 0.4) is 0 Å². The summed E-state index contributed by atoms with van der Waals surface area (Å²) in [6.45, 7) is 6.94. The van der Waals surface area contributed by atoms with Gasteiger partial charge in [-0.15, -0.1) is 0 Å². The molecule has 0 saturated carbocycles. The molecule has 5 aromatic rings. The second-order valence-electron chi connectivity index (χ2n) is 13.8. The Kier molecular flexibility index (Phi) is 8.30. The van der Waals surface area contributed by atoms with Crippen molar-refractivity contribution in [3.8, 4) is 0 Å². The van der Waals surface area contributed by atoms with E-state index in [1.807, 2.05) is 0 Å². The average Bonchev–Trinajstić information content (AvgIpc) is 3.13. The van der Waals surface area contributed by atoms with Crippen LogP contribution in [-0.4, -0.2) is 6.71 Å². The van der Waals surface area contributed by atoms with Gasteiger partial charge >= 0.3 is 0 Å². The van der Waals surface area contributed by atoms with E-state index < -0.39 is 0 Å². The number of fused-ring (bicyclic) bond motifs is 4. The Morgan fingerprint density at radius 3 is 2.10 bits per heavy atom. The smallest absolute Gasteiger partial charge is 0.252 e. The maximum Gasteiger partial charge on any atom is 0.252 e. The minimum absolute atomic E-state index is 0.151. The number of nitrogens with zero attached hydrogens (tertiary/aromatic N) is 2. The summed E-state index contributed by atoms with van der Waals surface area (Å²) in [7, 11) is 0. The zero-order valence-electron chi connectivity index (χ0n) is 28.7. The normalized spacial score (nSPS) is 14.4. The second-order valence-corrected chi connectivity index (χ2v) is 13.8. The van der Waals surface area contributed by atoms with E-state index >= 15 is 0 Å². The molecule has 0 spiro atoms. The lowest BCUT2D eigenvalue weighted by Gasteiger charge is -2.44. The third-order valence-electron chi connectivity index (χ3n) is 10.5. The number of hydrogen-bond donors (Lipinski definition) is 0. The molecule has 0 aromatic heterocycles. The Bertz CT molecular complexity index is 2040. The molecule has 2 heterocycles. The van der Waals surface area contributed by atoms with Crippen molar-refractivity contribution in [1.82, 2.24) is 0 Å². The van der Waals surface area contributed by atoms with Crippen LogP contribution in [0.25, 0.3) is 5.57 Å². The van der Waals surface area contributed by atoms with E-state index in [1.54, 1.807) is 0 Å². The lowest BCUT2D eigenvalue weighted by Crippen LogP contribution is -2.61. The van der Waals surface area contributed by atoms with E-state index in [2.05, 4.69) is 152 Å². The molecule has 2 nitrogen and oxygen atoms in total. The van der Waals surface area contributed by atoms with Crippen LogP contribution < -0.4 is 26.2 Å². The molecule has 0 unspecified atom stereocenters. The first-order chi connectivity index (χ1) is 23.7. The van der Waals surface area contributed by atoms with Gasteiger partial charge < -0.3 is 9.80 Å². The number of para-hydroxylation sites is 1. The van der Waals surface area contributed by atoms with Gasteiger partial charge in [-0.3, -0.25) is 0 Å². The molecule has 0 N–H and O–H groups in total. The maximum atomic E-state index is 2.59. The van der Waals surface area contributed by atoms with Crippen molar-refractivity contribution in [2.75, 3.05) is 9.80 Å². The van der Waals surface area contributed by atoms with E-state index in [-0.39, 0.29) is 6.71 Å². The summed E-state index contributed by atoms with van der Waals surface area (Å²) in [5.74, 6) is 0. The standard InChI is InChI=1S/C45H45BN2/c1-4-6-14-33-23-26-36(27-24-33)47-41-29-22-32(3)30-39(41)46-38-28-25-34(15-7-5-2)31-44(38)48(43-21-13-20-42(47)45(43)46)40-19-12-11-18-37(40)35-16-9-8-10-17-35/h9,11-13,16-31H,4-8,10,14-15H2,1-3H3. The van der Waals surface area contributed by atoms with Crippen LogP contribution in [0, 0.1) is 6.92 Å². The van der Waals surface area contributed by atoms with Gasteiger partial charge in [0, 0.05) is 34.0 Å². The highest BCUT2D eigenvalue weighted by Crippen LogP contribution is 2.46. The first-order valence-electron chi connectivity index (χ1n) is 18.2. The quantitative estimate of drug-likeness (QED) is 0.148. The highest BCUT2D eigenvalue weighted by atomic mass is 15.2. The van der Waals surface area contributed by atoms with Crippen molar-refractivity contribution in [3.63, 3.8) is 0 Å². The monoisotopic (exact) mass is 624 g/mol. The number of unbranched alkanes of at least 4 members (excludes halogenated alkanes) is 2. The molecule has 0 fully saturated rings. The number of anilines is 6. The Morgan fingerprint density at radius 1 is 0.604 bits per heavy atom. The largest absolute Gasteiger partial charge is 0.311 e. The van der Waals surface area contributed by atoms with Gasteiger partial charge in [-0.2, -0.15) is 0 Å². The second kappa shape index (κ2) is 13.0. The van der Waals surface area contributed by atoms with Crippen LogP contribution in [0.5, 0.6) is 0 Å². The SMILES string of the molecule is CCCCc1ccc(N2c3ccc(C)cc3B3c4ccc(CCCC)cc4N(c4ccccc4C4=CCCC=C4)c4cccc2c43)cc1. The minimum Gasteiger partial charge on any atom is -0.311 e. The number of benzene rings is 5. The van der Waals surface area contributed by atoms with E-state index in [9.17, 15) is 0 Å². The van der Waals surface area contributed by atoms with Gasteiger partial charge in [0.05, 0.1) is 5.69 Å². The molecule has 8 rings (SSSR count). The molecule has 238 valence electrons. The van der Waals surface area contributed by atoms with E-state index in [0.717, 1.165) is 25.7 Å². The summed E-state index contributed by atoms with van der Waals surface area (Å²) in [4.78, 5) is 5.11. The fourth-order valence-electron chi connectivity index (χ4n) is 8.09. The highest BCUT2D eigenvalue weighted by molar-refractivity contribution is 7.00. The van der Waals surface area contributed by atoms with Crippen LogP contribution in [0.4, 0.5) is 34.1 Å². The van der Waals surface area contributed by atoms with E-state index in [0.29, 0.717) is 0 Å². The fourth-order valence-corrected chi connectivity index (χ4v) is 8.09. The molecule has 0 saturated heterocycles. The summed E-state index contributed by atoms with van der Waals surface area (Å²) in [5, 5.41) is 0. The summed E-state index contributed by atoms with van der Waals surface area (Å²) in [6.07, 6.45) is 16.3. The zero-order chi connectivity index (χ0) is 32.6. The Balaban J connectivity index is 1.38. The molecule has 0 bridgehead atoms.